The summed E-state index contributed by atoms with van der Waals surface area (Å²) < 4.78 is 0. The van der Waals surface area contributed by atoms with E-state index in [4.69, 9.17) is 0 Å². The molecule has 0 bridgehead atoms. The van der Waals surface area contributed by atoms with Crippen LogP contribution in [-0.2, 0) is 34.1 Å². The van der Waals surface area contributed by atoms with E-state index in [1.165, 1.54) is 0 Å². The standard InChI is InChI=1S/Cu.Mg.Mn.Si.2H. The summed E-state index contributed by atoms with van der Waals surface area (Å²) >= 11 is 0. The maximum atomic E-state index is 0. The molecule has 0 saturated heterocycles. The fourth-order valence-corrected chi connectivity index (χ4v) is 0. The van der Waals surface area contributed by atoms with Crippen LogP contribution in [0.25, 0.3) is 0 Å². The summed E-state index contributed by atoms with van der Waals surface area (Å²) in [5.74, 6) is 0. The van der Waals surface area contributed by atoms with Gasteiger partial charge in [0.2, 0.25) is 0 Å². The zero-order chi connectivity index (χ0) is 0. The van der Waals surface area contributed by atoms with Gasteiger partial charge in [-0.1, -0.05) is 0 Å². The van der Waals surface area contributed by atoms with Crippen molar-refractivity contribution in [3.63, 3.8) is 0 Å². The third-order valence-electron chi connectivity index (χ3n) is 0. The molecule has 0 saturated carbocycles. The molecule has 4 heavy (non-hydrogen) atoms. The predicted molar refractivity (Wildman–Crippen MR) is 14.3 cm³/mol. The quantitative estimate of drug-likeness (QED) is 0.399. The van der Waals surface area contributed by atoms with Crippen LogP contribution in [0.4, 0.5) is 0 Å². The van der Waals surface area contributed by atoms with Gasteiger partial charge < -0.3 is 0 Å². The first-order valence-corrected chi connectivity index (χ1v) is 0. The second-order valence-corrected chi connectivity index (χ2v) is 0. The third kappa shape index (κ3) is 8.98. The molecule has 0 amide bonds. The van der Waals surface area contributed by atoms with Crippen molar-refractivity contribution in [1.82, 2.24) is 0 Å². The van der Waals surface area contributed by atoms with Crippen LogP contribution in [0.3, 0.4) is 0 Å². The smallest absolute Gasteiger partial charge is 0 e. The van der Waals surface area contributed by atoms with Crippen molar-refractivity contribution in [2.45, 2.75) is 0 Å². The molecule has 0 rings (SSSR count). The van der Waals surface area contributed by atoms with Gasteiger partial charge in [0.05, 0.1) is 0 Å². The van der Waals surface area contributed by atoms with Gasteiger partial charge in [0.25, 0.3) is 0 Å². The van der Waals surface area contributed by atoms with Crippen LogP contribution < -0.4 is 0 Å². The first-order chi connectivity index (χ1) is 0. The Balaban J connectivity index is 0. The van der Waals surface area contributed by atoms with E-state index in [1.54, 1.807) is 0 Å². The fourth-order valence-electron chi connectivity index (χ4n) is 0. The van der Waals surface area contributed by atoms with Crippen molar-refractivity contribution >= 4 is 34.0 Å². The maximum Gasteiger partial charge on any atom is 0.316 e. The summed E-state index contributed by atoms with van der Waals surface area (Å²) in [6.45, 7) is 0. The van der Waals surface area contributed by atoms with E-state index in [9.17, 15) is 0 Å². The summed E-state index contributed by atoms with van der Waals surface area (Å²) in [4.78, 5) is 0. The van der Waals surface area contributed by atoms with Gasteiger partial charge in [0, 0.05) is 45.1 Å². The number of rotatable bonds is 0. The van der Waals surface area contributed by atoms with E-state index >= 15 is 0 Å². The Bertz CT molecular complexity index is 8.00. The number of hydrogen-bond acceptors (Lipinski definition) is 0. The van der Waals surface area contributed by atoms with E-state index in [0.717, 1.165) is 0 Å². The molecule has 0 aromatic heterocycles. The zero-order valence-corrected chi connectivity index (χ0v) is 4.30. The van der Waals surface area contributed by atoms with E-state index in [0.29, 0.717) is 0 Å². The zero-order valence-electron chi connectivity index (χ0n) is 1.18. The first-order valence-electron chi connectivity index (χ1n) is 0. The third-order valence-corrected chi connectivity index (χ3v) is 0. The van der Waals surface area contributed by atoms with Gasteiger partial charge in [0.1, 0.15) is 0 Å². The summed E-state index contributed by atoms with van der Waals surface area (Å²) in [6.07, 6.45) is 0. The molecule has 0 aromatic carbocycles. The molecule has 0 aromatic rings. The Morgan fingerprint density at radius 1 is 1.00 bits per heavy atom. The van der Waals surface area contributed by atoms with Gasteiger partial charge in [-0.3, -0.25) is 0 Å². The summed E-state index contributed by atoms with van der Waals surface area (Å²) in [5, 5.41) is 0. The average Bonchev–Trinajstić information content (AvgIpc) is 0. The second kappa shape index (κ2) is 19.9. The largest absolute Gasteiger partial charge is 0.316 e. The van der Waals surface area contributed by atoms with Crippen LogP contribution in [0.15, 0.2) is 0 Å². The second-order valence-electron chi connectivity index (χ2n) is 0. The van der Waals surface area contributed by atoms with Crippen LogP contribution in [-0.4, -0.2) is 34.0 Å². The van der Waals surface area contributed by atoms with Crippen molar-refractivity contribution in [1.29, 1.82) is 0 Å². The topological polar surface area (TPSA) is 0 Å². The van der Waals surface area contributed by atoms with E-state index in [-0.39, 0.29) is 68.2 Å². The van der Waals surface area contributed by atoms with E-state index in [2.05, 4.69) is 0 Å². The molecule has 0 aliphatic carbocycles. The average molecular weight is 173 g/mol. The Hall–Kier alpha value is 2.02. The molecule has 26 valence electrons. The molecule has 4 heteroatoms. The SMILES string of the molecule is [Cu].[MgH2].[Mn].[Si]. The molecule has 0 unspecified atom stereocenters. The van der Waals surface area contributed by atoms with Crippen LogP contribution in [0.5, 0.6) is 0 Å². The molecule has 0 N–H and O–H groups in total. The van der Waals surface area contributed by atoms with Crippen LogP contribution >= 0.6 is 0 Å². The van der Waals surface area contributed by atoms with Gasteiger partial charge in [-0.05, 0) is 0 Å². The Labute approximate surface area is 67.6 Å². The minimum absolute atomic E-state index is 0. The van der Waals surface area contributed by atoms with Crippen LogP contribution in [0.2, 0.25) is 0 Å². The van der Waals surface area contributed by atoms with Crippen molar-refractivity contribution in [3.05, 3.63) is 0 Å². The van der Waals surface area contributed by atoms with Crippen molar-refractivity contribution in [3.8, 4) is 0 Å². The predicted octanol–water partition coefficient (Wildman–Crippen LogP) is -1.30. The minimum Gasteiger partial charge on any atom is 0 e. The van der Waals surface area contributed by atoms with Gasteiger partial charge in [-0.2, -0.15) is 0 Å². The molecule has 0 atom stereocenters. The van der Waals surface area contributed by atoms with Crippen molar-refractivity contribution in [2.75, 3.05) is 0 Å². The molecular weight excluding hydrogens is 171 g/mol. The molecule has 6 radical (unpaired) electrons. The van der Waals surface area contributed by atoms with E-state index in [1.807, 2.05) is 0 Å². The van der Waals surface area contributed by atoms with Crippen molar-refractivity contribution < 1.29 is 34.1 Å². The molecule has 0 aliphatic heterocycles. The first kappa shape index (κ1) is 37.1. The van der Waals surface area contributed by atoms with Gasteiger partial charge >= 0.3 is 23.1 Å². The van der Waals surface area contributed by atoms with Gasteiger partial charge in [-0.15, -0.1) is 0 Å². The Kier molecular flexibility index (Phi) is 185. The summed E-state index contributed by atoms with van der Waals surface area (Å²) in [5.41, 5.74) is 0. The Morgan fingerprint density at radius 3 is 1.00 bits per heavy atom. The molecule has 0 heterocycles. The Morgan fingerprint density at radius 2 is 1.00 bits per heavy atom. The van der Waals surface area contributed by atoms with E-state index < -0.39 is 0 Å². The van der Waals surface area contributed by atoms with Crippen LogP contribution in [0.1, 0.15) is 0 Å². The van der Waals surface area contributed by atoms with Gasteiger partial charge in [0.15, 0.2) is 0 Å². The fraction of sp³-hybridized carbons (Fsp3) is 0. The molecule has 0 spiro atoms. The maximum absolute atomic E-state index is 0. The summed E-state index contributed by atoms with van der Waals surface area (Å²) in [6, 6.07) is 0. The molecule has 0 nitrogen and oxygen atoms in total. The molecule has 0 fully saturated rings. The molecule has 0 aliphatic rings. The van der Waals surface area contributed by atoms with Gasteiger partial charge in [-0.25, -0.2) is 0 Å². The minimum atomic E-state index is 0. The van der Waals surface area contributed by atoms with Crippen molar-refractivity contribution in [2.24, 2.45) is 0 Å². The van der Waals surface area contributed by atoms with Crippen LogP contribution in [0, 0.1) is 0 Å². The normalized spacial score (nSPS) is 0. The summed E-state index contributed by atoms with van der Waals surface area (Å²) in [7, 11) is 0. The molecular formula is H2CuMgMnSi. The number of hydrogen-bond donors (Lipinski definition) is 0. The monoisotopic (exact) mass is 172 g/mol.